The van der Waals surface area contributed by atoms with Crippen LogP contribution >= 0.6 is 0 Å². The predicted molar refractivity (Wildman–Crippen MR) is 147 cm³/mol. The minimum atomic E-state index is -5.01. The molecule has 0 fully saturated rings. The molecule has 3 aromatic rings. The molecular weight excluding hydrogens is 564 g/mol. The van der Waals surface area contributed by atoms with Crippen LogP contribution in [0.4, 0.5) is 45.2 Å². The number of carboxylic acids is 1. The Morgan fingerprint density at radius 3 is 2.36 bits per heavy atom. The van der Waals surface area contributed by atoms with Crippen LogP contribution in [-0.4, -0.2) is 47.8 Å². The highest BCUT2D eigenvalue weighted by Gasteiger charge is 2.32. The first-order chi connectivity index (χ1) is 19.6. The summed E-state index contributed by atoms with van der Waals surface area (Å²) in [6.45, 7) is 5.13. The van der Waals surface area contributed by atoms with Gasteiger partial charge in [0.05, 0.1) is 24.0 Å². The summed E-state index contributed by atoms with van der Waals surface area (Å²) in [6.07, 6.45) is -5.30. The summed E-state index contributed by atoms with van der Waals surface area (Å²) in [4.78, 5) is 30.4. The van der Waals surface area contributed by atoms with Crippen LogP contribution < -0.4 is 25.4 Å². The van der Waals surface area contributed by atoms with Crippen molar-refractivity contribution >= 4 is 34.9 Å². The number of aromatic nitrogens is 1. The van der Waals surface area contributed by atoms with Crippen molar-refractivity contribution in [3.8, 4) is 11.6 Å². The number of nitrogen functional groups attached to an aromatic ring is 1. The van der Waals surface area contributed by atoms with E-state index in [1.807, 2.05) is 0 Å². The van der Waals surface area contributed by atoms with Gasteiger partial charge in [-0.15, -0.1) is 13.2 Å². The van der Waals surface area contributed by atoms with Gasteiger partial charge in [-0.3, -0.25) is 4.90 Å². The number of nitrogens with one attached hydrogen (secondary N) is 1. The fourth-order valence-corrected chi connectivity index (χ4v) is 3.84. The van der Waals surface area contributed by atoms with E-state index in [4.69, 9.17) is 15.2 Å². The van der Waals surface area contributed by atoms with Gasteiger partial charge in [0.25, 0.3) is 0 Å². The number of pyridine rings is 1. The molecule has 0 unspecified atom stereocenters. The lowest BCUT2D eigenvalue weighted by molar-refractivity contribution is -0.274. The molecule has 0 bridgehead atoms. The molecule has 0 aliphatic rings. The molecule has 0 spiro atoms. The molecule has 0 aliphatic heterocycles. The average Bonchev–Trinajstić information content (AvgIpc) is 2.87. The number of amides is 1. The number of aryl methyl sites for hydroxylation is 1. The van der Waals surface area contributed by atoms with E-state index in [1.54, 1.807) is 20.8 Å². The van der Waals surface area contributed by atoms with Gasteiger partial charge >= 0.3 is 18.4 Å². The Labute approximate surface area is 239 Å². The number of hydrogen-bond donors (Lipinski definition) is 3. The summed E-state index contributed by atoms with van der Waals surface area (Å²) in [5.74, 6) is -2.48. The fourth-order valence-electron chi connectivity index (χ4n) is 3.84. The first-order valence-corrected chi connectivity index (χ1v) is 12.6. The number of nitrogens with two attached hydrogens (primary N) is 1. The van der Waals surface area contributed by atoms with Crippen LogP contribution in [0.5, 0.6) is 11.6 Å². The summed E-state index contributed by atoms with van der Waals surface area (Å²) in [6, 6.07) is 9.58. The summed E-state index contributed by atoms with van der Waals surface area (Å²) < 4.78 is 66.6. The van der Waals surface area contributed by atoms with Crippen molar-refractivity contribution in [2.75, 3.05) is 29.6 Å². The molecule has 0 aliphatic carbocycles. The van der Waals surface area contributed by atoms with Crippen LogP contribution in [0.2, 0.25) is 0 Å². The summed E-state index contributed by atoms with van der Waals surface area (Å²) >= 11 is 0. The smallest absolute Gasteiger partial charge is 0.481 e. The molecule has 3 rings (SSSR count). The number of alkyl halides is 3. The van der Waals surface area contributed by atoms with E-state index in [0.29, 0.717) is 11.3 Å². The monoisotopic (exact) mass is 594 g/mol. The van der Waals surface area contributed by atoms with Crippen molar-refractivity contribution in [1.82, 2.24) is 4.98 Å². The largest absolute Gasteiger partial charge is 0.573 e. The quantitative estimate of drug-likeness (QED) is 0.224. The average molecular weight is 595 g/mol. The number of aromatic carboxylic acids is 1. The van der Waals surface area contributed by atoms with E-state index < -0.39 is 41.2 Å². The second kappa shape index (κ2) is 12.8. The molecule has 1 aromatic heterocycles. The molecular formula is C28H30F4N4O6. The topological polar surface area (TPSA) is 136 Å². The Hall–Kier alpha value is -4.75. The second-order valence-electron chi connectivity index (χ2n) is 9.99. The van der Waals surface area contributed by atoms with E-state index in [0.717, 1.165) is 24.3 Å². The maximum Gasteiger partial charge on any atom is 0.573 e. The zero-order chi connectivity index (χ0) is 31.2. The van der Waals surface area contributed by atoms with Gasteiger partial charge in [-0.25, -0.2) is 14.0 Å². The summed E-state index contributed by atoms with van der Waals surface area (Å²) in [5.41, 5.74) is 5.61. The van der Waals surface area contributed by atoms with Gasteiger partial charge in [-0.1, -0.05) is 0 Å². The highest BCUT2D eigenvalue weighted by molar-refractivity contribution is 5.96. The van der Waals surface area contributed by atoms with Crippen molar-refractivity contribution < 1.29 is 46.5 Å². The normalized spacial score (nSPS) is 11.5. The van der Waals surface area contributed by atoms with Gasteiger partial charge in [0.1, 0.15) is 17.2 Å². The van der Waals surface area contributed by atoms with Crippen LogP contribution in [0.25, 0.3) is 0 Å². The van der Waals surface area contributed by atoms with Gasteiger partial charge in [-0.05, 0) is 81.6 Å². The molecule has 0 radical (unpaired) electrons. The molecule has 42 heavy (non-hydrogen) atoms. The zero-order valence-corrected chi connectivity index (χ0v) is 23.2. The van der Waals surface area contributed by atoms with E-state index in [9.17, 15) is 32.3 Å². The van der Waals surface area contributed by atoms with Crippen LogP contribution in [0.15, 0.2) is 48.5 Å². The van der Waals surface area contributed by atoms with Gasteiger partial charge < -0.3 is 30.4 Å². The number of methoxy groups -OCH3 is 1. The lowest BCUT2D eigenvalue weighted by Crippen LogP contribution is -2.38. The van der Waals surface area contributed by atoms with Crippen molar-refractivity contribution in [3.05, 3.63) is 65.5 Å². The Morgan fingerprint density at radius 1 is 1.05 bits per heavy atom. The highest BCUT2D eigenvalue weighted by Crippen LogP contribution is 2.31. The molecule has 10 nitrogen and oxygen atoms in total. The lowest BCUT2D eigenvalue weighted by atomic mass is 10.1. The van der Waals surface area contributed by atoms with E-state index in [2.05, 4.69) is 15.0 Å². The molecule has 0 saturated carbocycles. The van der Waals surface area contributed by atoms with E-state index in [1.165, 1.54) is 36.3 Å². The van der Waals surface area contributed by atoms with Gasteiger partial charge in [0, 0.05) is 18.3 Å². The number of hydrogen-bond acceptors (Lipinski definition) is 8. The Bertz CT molecular complexity index is 1440. The molecule has 2 aromatic carbocycles. The Balaban J connectivity index is 1.87. The molecule has 0 atom stereocenters. The molecule has 1 amide bonds. The number of nitrogens with zero attached hydrogens (tertiary/aromatic N) is 2. The van der Waals surface area contributed by atoms with Crippen LogP contribution in [-0.2, 0) is 11.2 Å². The maximum atomic E-state index is 14.2. The first kappa shape index (κ1) is 31.8. The molecule has 226 valence electrons. The van der Waals surface area contributed by atoms with Crippen molar-refractivity contribution in [2.45, 2.75) is 45.6 Å². The van der Waals surface area contributed by atoms with Crippen LogP contribution in [0.1, 0.15) is 43.1 Å². The number of anilines is 4. The molecule has 1 heterocycles. The van der Waals surface area contributed by atoms with Crippen LogP contribution in [0, 0.1) is 5.82 Å². The SMILES string of the molecule is COc1ccc(N)c(N(CCCc2cc(F)ccc2Nc2ccc(OC(F)(F)F)cc2C(=O)O)C(=O)OC(C)(C)C)n1. The fraction of sp³-hybridized carbons (Fsp3) is 0.321. The molecule has 14 heteroatoms. The number of carbonyl (C=O) groups is 2. The van der Waals surface area contributed by atoms with E-state index >= 15 is 0 Å². The summed E-state index contributed by atoms with van der Waals surface area (Å²) in [7, 11) is 1.41. The van der Waals surface area contributed by atoms with E-state index in [-0.39, 0.29) is 42.5 Å². The molecule has 4 N–H and O–H groups in total. The standard InChI is InChI=1S/C28H30F4N4O6/c1-27(2,3)42-26(39)36(24-20(33)9-12-23(35-24)40-4)13-5-6-16-14-17(29)7-10-21(16)34-22-11-8-18(41-28(30,31)32)15-19(22)25(37)38/h7-12,14-15,34H,5-6,13,33H2,1-4H3,(H,37,38). The maximum absolute atomic E-state index is 14.2. The number of halogens is 4. The Morgan fingerprint density at radius 2 is 1.74 bits per heavy atom. The number of carboxylic acid groups (broad SMARTS) is 1. The third kappa shape index (κ3) is 8.88. The predicted octanol–water partition coefficient (Wildman–Crippen LogP) is 6.53. The summed E-state index contributed by atoms with van der Waals surface area (Å²) in [5, 5.41) is 12.4. The minimum absolute atomic E-state index is 0.0408. The zero-order valence-electron chi connectivity index (χ0n) is 23.2. The third-order valence-corrected chi connectivity index (χ3v) is 5.58. The van der Waals surface area contributed by atoms with Crippen molar-refractivity contribution in [2.24, 2.45) is 0 Å². The van der Waals surface area contributed by atoms with Gasteiger partial charge in [-0.2, -0.15) is 4.98 Å². The van der Waals surface area contributed by atoms with Crippen molar-refractivity contribution in [3.63, 3.8) is 0 Å². The Kier molecular flexibility index (Phi) is 9.71. The number of rotatable bonds is 10. The van der Waals surface area contributed by atoms with Crippen LogP contribution in [0.3, 0.4) is 0 Å². The highest BCUT2D eigenvalue weighted by atomic mass is 19.4. The van der Waals surface area contributed by atoms with Gasteiger partial charge in [0.2, 0.25) is 5.88 Å². The second-order valence-corrected chi connectivity index (χ2v) is 9.99. The number of benzene rings is 2. The number of ether oxygens (including phenoxy) is 3. The number of carbonyl (C=O) groups excluding carboxylic acids is 1. The minimum Gasteiger partial charge on any atom is -0.481 e. The van der Waals surface area contributed by atoms with Crippen molar-refractivity contribution in [1.29, 1.82) is 0 Å². The molecule has 0 saturated heterocycles. The van der Waals surface area contributed by atoms with Gasteiger partial charge in [0.15, 0.2) is 5.82 Å². The third-order valence-electron chi connectivity index (χ3n) is 5.58. The lowest BCUT2D eigenvalue weighted by Gasteiger charge is -2.27. The first-order valence-electron chi connectivity index (χ1n) is 12.6.